The van der Waals surface area contributed by atoms with Crippen LogP contribution in [0.4, 0.5) is 4.79 Å². The van der Waals surface area contributed by atoms with Gasteiger partial charge in [-0.15, -0.1) is 5.10 Å². The summed E-state index contributed by atoms with van der Waals surface area (Å²) >= 11 is 0.852. The number of carbonyl (C=O) groups excluding carboxylic acids is 2. The predicted molar refractivity (Wildman–Crippen MR) is 118 cm³/mol. The van der Waals surface area contributed by atoms with Gasteiger partial charge in [-0.25, -0.2) is 19.0 Å². The third kappa shape index (κ3) is 4.60. The molecule has 10 nitrogen and oxygen atoms in total. The van der Waals surface area contributed by atoms with Gasteiger partial charge < -0.3 is 4.74 Å². The van der Waals surface area contributed by atoms with Crippen LogP contribution in [0.5, 0.6) is 0 Å². The first kappa shape index (κ1) is 22.2. The second kappa shape index (κ2) is 8.17. The number of aromatic nitrogens is 3. The van der Waals surface area contributed by atoms with Crippen LogP contribution in [-0.2, 0) is 19.6 Å². The lowest BCUT2D eigenvalue weighted by Crippen LogP contribution is -2.48. The smallest absolute Gasteiger partial charge is 0.410 e. The first-order chi connectivity index (χ1) is 15.0. The Hall–Kier alpha value is -2.99. The minimum atomic E-state index is -4.22. The molecule has 32 heavy (non-hydrogen) atoms. The van der Waals surface area contributed by atoms with Crippen molar-refractivity contribution >= 4 is 38.3 Å². The Morgan fingerprint density at radius 2 is 1.94 bits per heavy atom. The van der Waals surface area contributed by atoms with Crippen molar-refractivity contribution in [3.63, 3.8) is 0 Å². The lowest BCUT2D eigenvalue weighted by Gasteiger charge is -2.27. The third-order valence-electron chi connectivity index (χ3n) is 4.74. The predicted octanol–water partition coefficient (Wildman–Crippen LogP) is 2.66. The highest BCUT2D eigenvalue weighted by Crippen LogP contribution is 2.25. The summed E-state index contributed by atoms with van der Waals surface area (Å²) in [5.41, 5.74) is 0.823. The summed E-state index contributed by atoms with van der Waals surface area (Å²) in [5.74, 6) is -0.786. The highest BCUT2D eigenvalue weighted by molar-refractivity contribution is 7.92. The SMILES string of the molecule is CC(C)(C)OC(=O)N1CCCC1C(=O)NS(=O)(=O)c1nn2cc(-c3ccccc3)nc2s1. The summed E-state index contributed by atoms with van der Waals surface area (Å²) < 4.78 is 34.0. The molecule has 0 radical (unpaired) electrons. The van der Waals surface area contributed by atoms with Gasteiger partial charge in [-0.05, 0) is 33.6 Å². The molecule has 0 saturated carbocycles. The molecule has 2 amide bonds. The zero-order valence-corrected chi connectivity index (χ0v) is 19.4. The van der Waals surface area contributed by atoms with E-state index >= 15 is 0 Å². The number of likely N-dealkylation sites (tertiary alicyclic amines) is 1. The average molecular weight is 478 g/mol. The van der Waals surface area contributed by atoms with E-state index in [0.717, 1.165) is 16.9 Å². The van der Waals surface area contributed by atoms with E-state index in [1.807, 2.05) is 35.1 Å². The summed E-state index contributed by atoms with van der Waals surface area (Å²) in [6.07, 6.45) is 1.91. The second-order valence-corrected chi connectivity index (χ2v) is 11.2. The number of nitrogens with one attached hydrogen (secondary N) is 1. The van der Waals surface area contributed by atoms with Crippen molar-refractivity contribution in [2.75, 3.05) is 6.54 Å². The molecule has 1 saturated heterocycles. The monoisotopic (exact) mass is 477 g/mol. The van der Waals surface area contributed by atoms with Gasteiger partial charge in [-0.1, -0.05) is 41.7 Å². The lowest BCUT2D eigenvalue weighted by atomic mass is 10.2. The standard InChI is InChI=1S/C20H23N5O5S2/c1-20(2,3)30-19(27)24-11-7-10-15(24)16(26)23-32(28,29)18-22-25-12-14(21-17(25)31-18)13-8-5-4-6-9-13/h4-6,8-9,12,15H,7,10-11H2,1-3H3,(H,23,26). The summed E-state index contributed by atoms with van der Waals surface area (Å²) in [5, 5.41) is 4.08. The van der Waals surface area contributed by atoms with E-state index in [9.17, 15) is 18.0 Å². The Kier molecular flexibility index (Phi) is 5.67. The number of amides is 2. The van der Waals surface area contributed by atoms with Crippen LogP contribution in [0.2, 0.25) is 0 Å². The van der Waals surface area contributed by atoms with Crippen molar-refractivity contribution in [2.24, 2.45) is 0 Å². The molecule has 1 fully saturated rings. The van der Waals surface area contributed by atoms with E-state index in [-0.39, 0.29) is 4.34 Å². The minimum absolute atomic E-state index is 0.283. The molecule has 1 atom stereocenters. The van der Waals surface area contributed by atoms with Gasteiger partial charge in [0.15, 0.2) is 0 Å². The van der Waals surface area contributed by atoms with E-state index < -0.39 is 33.7 Å². The third-order valence-corrected chi connectivity index (χ3v) is 7.38. The Morgan fingerprint density at radius 1 is 1.22 bits per heavy atom. The zero-order valence-electron chi connectivity index (χ0n) is 17.8. The number of nitrogens with zero attached hydrogens (tertiary/aromatic N) is 4. The molecule has 1 aromatic carbocycles. The van der Waals surface area contributed by atoms with E-state index in [2.05, 4.69) is 10.1 Å². The van der Waals surface area contributed by atoms with Crippen LogP contribution >= 0.6 is 11.3 Å². The van der Waals surface area contributed by atoms with Crippen LogP contribution in [0.15, 0.2) is 40.9 Å². The maximum absolute atomic E-state index is 12.8. The molecular weight excluding hydrogens is 454 g/mol. The molecule has 0 aliphatic carbocycles. The van der Waals surface area contributed by atoms with Crippen LogP contribution < -0.4 is 4.72 Å². The first-order valence-corrected chi connectivity index (χ1v) is 12.3. The molecule has 12 heteroatoms. The van der Waals surface area contributed by atoms with Crippen LogP contribution in [-0.4, -0.2) is 58.1 Å². The number of rotatable bonds is 4. The van der Waals surface area contributed by atoms with Crippen LogP contribution in [0.3, 0.4) is 0 Å². The van der Waals surface area contributed by atoms with Gasteiger partial charge in [0.25, 0.3) is 20.3 Å². The molecular formula is C20H23N5O5S2. The molecule has 4 rings (SSSR count). The Balaban J connectivity index is 1.50. The Labute approximate surface area is 189 Å². The number of carbonyl (C=O) groups is 2. The number of hydrogen-bond acceptors (Lipinski definition) is 8. The van der Waals surface area contributed by atoms with Crippen molar-refractivity contribution in [1.82, 2.24) is 24.2 Å². The fourth-order valence-corrected chi connectivity index (χ4v) is 5.45. The van der Waals surface area contributed by atoms with Crippen molar-refractivity contribution < 1.29 is 22.7 Å². The molecule has 1 unspecified atom stereocenters. The second-order valence-electron chi connectivity index (χ2n) is 8.39. The number of benzene rings is 1. The topological polar surface area (TPSA) is 123 Å². The molecule has 1 aliphatic rings. The van der Waals surface area contributed by atoms with E-state index in [1.165, 1.54) is 9.42 Å². The van der Waals surface area contributed by atoms with Gasteiger partial charge in [0.05, 0.1) is 11.9 Å². The number of fused-ring (bicyclic) bond motifs is 1. The molecule has 3 aromatic rings. The average Bonchev–Trinajstić information content (AvgIpc) is 3.41. The Bertz CT molecular complexity index is 1230. The van der Waals surface area contributed by atoms with Crippen molar-refractivity contribution in [3.05, 3.63) is 36.5 Å². The number of imidazole rings is 1. The molecule has 170 valence electrons. The van der Waals surface area contributed by atoms with Crippen LogP contribution in [0, 0.1) is 0 Å². The van der Waals surface area contributed by atoms with Gasteiger partial charge in [-0.3, -0.25) is 9.69 Å². The molecule has 3 heterocycles. The maximum Gasteiger partial charge on any atom is 0.410 e. The van der Waals surface area contributed by atoms with Crippen molar-refractivity contribution in [3.8, 4) is 11.3 Å². The van der Waals surface area contributed by atoms with Gasteiger partial charge >= 0.3 is 6.09 Å². The van der Waals surface area contributed by atoms with Crippen LogP contribution in [0.1, 0.15) is 33.6 Å². The minimum Gasteiger partial charge on any atom is -0.444 e. The highest BCUT2D eigenvalue weighted by atomic mass is 32.2. The Morgan fingerprint density at radius 3 is 2.59 bits per heavy atom. The summed E-state index contributed by atoms with van der Waals surface area (Å²) in [6, 6.07) is 8.51. The summed E-state index contributed by atoms with van der Waals surface area (Å²) in [4.78, 5) is 31.2. The van der Waals surface area contributed by atoms with Crippen molar-refractivity contribution in [1.29, 1.82) is 0 Å². The van der Waals surface area contributed by atoms with Crippen LogP contribution in [0.25, 0.3) is 16.2 Å². The largest absolute Gasteiger partial charge is 0.444 e. The molecule has 1 N–H and O–H groups in total. The fourth-order valence-electron chi connectivity index (χ4n) is 3.36. The van der Waals surface area contributed by atoms with Crippen molar-refractivity contribution in [2.45, 2.75) is 49.6 Å². The molecule has 0 bridgehead atoms. The van der Waals surface area contributed by atoms with Gasteiger partial charge in [-0.2, -0.15) is 8.42 Å². The fraction of sp³-hybridized carbons (Fsp3) is 0.400. The van der Waals surface area contributed by atoms with Gasteiger partial charge in [0, 0.05) is 12.1 Å². The first-order valence-electron chi connectivity index (χ1n) is 10.0. The highest BCUT2D eigenvalue weighted by Gasteiger charge is 2.38. The zero-order chi connectivity index (χ0) is 23.1. The summed E-state index contributed by atoms with van der Waals surface area (Å²) in [7, 11) is -4.22. The lowest BCUT2D eigenvalue weighted by molar-refractivity contribution is -0.123. The van der Waals surface area contributed by atoms with Gasteiger partial charge in [0.1, 0.15) is 11.6 Å². The number of hydrogen-bond donors (Lipinski definition) is 1. The van der Waals surface area contributed by atoms with E-state index in [1.54, 1.807) is 27.0 Å². The molecule has 0 spiro atoms. The number of ether oxygens (including phenoxy) is 1. The normalized spacial score (nSPS) is 17.0. The van der Waals surface area contributed by atoms with E-state index in [0.29, 0.717) is 30.0 Å². The summed E-state index contributed by atoms with van der Waals surface area (Å²) in [6.45, 7) is 5.49. The molecule has 2 aromatic heterocycles. The number of sulfonamides is 1. The van der Waals surface area contributed by atoms with Gasteiger partial charge in [0.2, 0.25) is 4.96 Å². The molecule has 1 aliphatic heterocycles. The maximum atomic E-state index is 12.8. The van der Waals surface area contributed by atoms with E-state index in [4.69, 9.17) is 4.74 Å². The quantitative estimate of drug-likeness (QED) is 0.613.